The van der Waals surface area contributed by atoms with Crippen LogP contribution in [0.4, 0.5) is 17.1 Å². The van der Waals surface area contributed by atoms with Crippen LogP contribution in [0.25, 0.3) is 65.7 Å². The van der Waals surface area contributed by atoms with Crippen LogP contribution >= 0.6 is 0 Å². The van der Waals surface area contributed by atoms with E-state index < -0.39 is 0 Å². The summed E-state index contributed by atoms with van der Waals surface area (Å²) in [6.45, 7) is 6.95. The summed E-state index contributed by atoms with van der Waals surface area (Å²) in [5.41, 5.74) is 14.8. The van der Waals surface area contributed by atoms with Crippen molar-refractivity contribution < 1.29 is 0 Å². The molecule has 9 aromatic rings. The van der Waals surface area contributed by atoms with E-state index in [1.54, 1.807) is 0 Å². The average molecular weight is 678 g/mol. The Morgan fingerprint density at radius 2 is 0.981 bits per heavy atom. The quantitative estimate of drug-likeness (QED) is 0.175. The van der Waals surface area contributed by atoms with Crippen molar-refractivity contribution in [1.29, 1.82) is 0 Å². The van der Waals surface area contributed by atoms with Crippen LogP contribution in [0.2, 0.25) is 0 Å². The number of hydrogen-bond donors (Lipinski definition) is 0. The highest BCUT2D eigenvalue weighted by atomic mass is 15.1. The molecule has 0 aromatic heterocycles. The van der Waals surface area contributed by atoms with Gasteiger partial charge in [0, 0.05) is 16.7 Å². The number of fused-ring (bicyclic) bond motifs is 6. The van der Waals surface area contributed by atoms with Gasteiger partial charge in [-0.25, -0.2) is 0 Å². The Kier molecular flexibility index (Phi) is 7.13. The van der Waals surface area contributed by atoms with Crippen LogP contribution < -0.4 is 4.90 Å². The van der Waals surface area contributed by atoms with E-state index in [1.165, 1.54) is 88.1 Å². The fraction of sp³-hybridized carbons (Fsp3) is 0.0769. The molecular weight excluding hydrogens is 639 g/mol. The number of rotatable bonds is 5. The molecular formula is C52H39N. The highest BCUT2D eigenvalue weighted by Gasteiger charge is 2.39. The van der Waals surface area contributed by atoms with Gasteiger partial charge in [0.05, 0.1) is 11.4 Å². The lowest BCUT2D eigenvalue weighted by Crippen LogP contribution is -2.21. The van der Waals surface area contributed by atoms with Gasteiger partial charge in [-0.15, -0.1) is 0 Å². The van der Waals surface area contributed by atoms with Crippen molar-refractivity contribution in [3.05, 3.63) is 199 Å². The maximum atomic E-state index is 2.54. The fourth-order valence-corrected chi connectivity index (χ4v) is 8.85. The van der Waals surface area contributed by atoms with Gasteiger partial charge in [-0.3, -0.25) is 0 Å². The van der Waals surface area contributed by atoms with Crippen LogP contribution in [-0.2, 0) is 5.41 Å². The van der Waals surface area contributed by atoms with E-state index in [4.69, 9.17) is 0 Å². The third-order valence-corrected chi connectivity index (χ3v) is 11.5. The van der Waals surface area contributed by atoms with Crippen LogP contribution in [-0.4, -0.2) is 0 Å². The Morgan fingerprint density at radius 3 is 1.72 bits per heavy atom. The number of aryl methyl sites for hydroxylation is 1. The molecule has 9 aromatic carbocycles. The zero-order valence-corrected chi connectivity index (χ0v) is 30.3. The molecule has 1 aliphatic carbocycles. The summed E-state index contributed by atoms with van der Waals surface area (Å²) in [6.07, 6.45) is 0. The molecule has 0 saturated carbocycles. The van der Waals surface area contributed by atoms with Crippen LogP contribution in [0, 0.1) is 6.92 Å². The molecule has 0 bridgehead atoms. The van der Waals surface area contributed by atoms with E-state index in [-0.39, 0.29) is 5.41 Å². The molecule has 0 aliphatic heterocycles. The van der Waals surface area contributed by atoms with E-state index in [0.717, 1.165) is 11.4 Å². The lowest BCUT2D eigenvalue weighted by molar-refractivity contribution is 0.661. The lowest BCUT2D eigenvalue weighted by Gasteiger charge is -2.34. The Labute approximate surface area is 311 Å². The predicted molar refractivity (Wildman–Crippen MR) is 227 cm³/mol. The fourth-order valence-electron chi connectivity index (χ4n) is 8.85. The maximum absolute atomic E-state index is 2.54. The molecule has 0 spiro atoms. The molecule has 0 saturated heterocycles. The van der Waals surface area contributed by atoms with Crippen molar-refractivity contribution >= 4 is 49.4 Å². The van der Waals surface area contributed by atoms with Gasteiger partial charge in [0.2, 0.25) is 0 Å². The van der Waals surface area contributed by atoms with Gasteiger partial charge in [0.1, 0.15) is 0 Å². The Bertz CT molecular complexity index is 2850. The number of nitrogens with zero attached hydrogens (tertiary/aromatic N) is 1. The van der Waals surface area contributed by atoms with Gasteiger partial charge < -0.3 is 4.90 Å². The first-order valence-electron chi connectivity index (χ1n) is 18.6. The first-order valence-corrected chi connectivity index (χ1v) is 18.6. The summed E-state index contributed by atoms with van der Waals surface area (Å²) in [5.74, 6) is 0. The minimum atomic E-state index is -0.234. The van der Waals surface area contributed by atoms with Crippen molar-refractivity contribution in [2.45, 2.75) is 26.2 Å². The molecule has 0 radical (unpaired) electrons. The van der Waals surface area contributed by atoms with Crippen LogP contribution in [0.15, 0.2) is 182 Å². The molecule has 0 heterocycles. The van der Waals surface area contributed by atoms with Crippen molar-refractivity contribution in [2.75, 3.05) is 4.90 Å². The molecule has 53 heavy (non-hydrogen) atoms. The largest absolute Gasteiger partial charge is 0.310 e. The number of benzene rings is 9. The normalized spacial score (nSPS) is 13.0. The van der Waals surface area contributed by atoms with Crippen LogP contribution in [0.5, 0.6) is 0 Å². The maximum Gasteiger partial charge on any atom is 0.0546 e. The summed E-state index contributed by atoms with van der Waals surface area (Å²) in [4.78, 5) is 2.54. The zero-order chi connectivity index (χ0) is 35.7. The van der Waals surface area contributed by atoms with Gasteiger partial charge in [-0.05, 0) is 115 Å². The van der Waals surface area contributed by atoms with E-state index in [9.17, 15) is 0 Å². The predicted octanol–water partition coefficient (Wildman–Crippen LogP) is 14.6. The summed E-state index contributed by atoms with van der Waals surface area (Å²) in [6, 6.07) is 67.5. The molecule has 0 unspecified atom stereocenters. The molecule has 252 valence electrons. The van der Waals surface area contributed by atoms with Gasteiger partial charge in [-0.2, -0.15) is 0 Å². The second kappa shape index (κ2) is 12.1. The average Bonchev–Trinajstić information content (AvgIpc) is 3.43. The first-order chi connectivity index (χ1) is 26.0. The molecule has 0 atom stereocenters. The molecule has 10 rings (SSSR count). The van der Waals surface area contributed by atoms with E-state index in [2.05, 4.69) is 208 Å². The Hall–Kier alpha value is -6.44. The SMILES string of the molecule is Cc1ccc(-c2ccc(N(c3cccc4c3C(C)(C)c3cc5ccccc5cc3-4)c3ccc4ccccc4c3-c3cccc4ccccc34)cc2)cc1. The Morgan fingerprint density at radius 1 is 0.415 bits per heavy atom. The second-order valence-electron chi connectivity index (χ2n) is 15.0. The van der Waals surface area contributed by atoms with Crippen molar-refractivity contribution in [3.8, 4) is 33.4 Å². The van der Waals surface area contributed by atoms with Crippen molar-refractivity contribution in [1.82, 2.24) is 0 Å². The van der Waals surface area contributed by atoms with Gasteiger partial charge in [-0.1, -0.05) is 165 Å². The lowest BCUT2D eigenvalue weighted by atomic mass is 9.80. The highest BCUT2D eigenvalue weighted by Crippen LogP contribution is 2.56. The summed E-state index contributed by atoms with van der Waals surface area (Å²) in [7, 11) is 0. The molecule has 1 aliphatic rings. The number of hydrogen-bond acceptors (Lipinski definition) is 1. The van der Waals surface area contributed by atoms with E-state index >= 15 is 0 Å². The van der Waals surface area contributed by atoms with Gasteiger partial charge in [0.25, 0.3) is 0 Å². The smallest absolute Gasteiger partial charge is 0.0546 e. The minimum absolute atomic E-state index is 0.234. The standard InChI is InChI=1S/C52H39N/c1-34-22-24-35(25-23-34)36-26-29-41(30-27-36)53(49-21-11-20-45-46-32-39-14-4-5-15-40(39)33-47(46)52(2,3)51(45)49)48-31-28-38-13-7-9-18-43(38)50(48)44-19-10-16-37-12-6-8-17-42(37)44/h4-33H,1-3H3. The van der Waals surface area contributed by atoms with Gasteiger partial charge >= 0.3 is 0 Å². The Balaban J connectivity index is 1.27. The second-order valence-corrected chi connectivity index (χ2v) is 15.0. The van der Waals surface area contributed by atoms with Crippen molar-refractivity contribution in [3.63, 3.8) is 0 Å². The summed E-state index contributed by atoms with van der Waals surface area (Å²) in [5, 5.41) is 7.51. The van der Waals surface area contributed by atoms with Crippen LogP contribution in [0.3, 0.4) is 0 Å². The topological polar surface area (TPSA) is 3.24 Å². The third kappa shape index (κ3) is 4.99. The number of anilines is 3. The zero-order valence-electron chi connectivity index (χ0n) is 30.3. The first kappa shape index (κ1) is 31.3. The van der Waals surface area contributed by atoms with Crippen molar-refractivity contribution in [2.24, 2.45) is 0 Å². The molecule has 0 fully saturated rings. The third-order valence-electron chi connectivity index (χ3n) is 11.5. The van der Waals surface area contributed by atoms with E-state index in [0.29, 0.717) is 0 Å². The highest BCUT2D eigenvalue weighted by molar-refractivity contribution is 6.12. The van der Waals surface area contributed by atoms with E-state index in [1.807, 2.05) is 0 Å². The minimum Gasteiger partial charge on any atom is -0.310 e. The van der Waals surface area contributed by atoms with Gasteiger partial charge in [0.15, 0.2) is 0 Å². The molecule has 1 nitrogen and oxygen atoms in total. The molecule has 0 N–H and O–H groups in total. The van der Waals surface area contributed by atoms with Crippen LogP contribution in [0.1, 0.15) is 30.5 Å². The summed E-state index contributed by atoms with van der Waals surface area (Å²) < 4.78 is 0. The summed E-state index contributed by atoms with van der Waals surface area (Å²) >= 11 is 0. The molecule has 1 heteroatoms. The molecule has 0 amide bonds. The monoisotopic (exact) mass is 677 g/mol.